The highest BCUT2D eigenvalue weighted by Crippen LogP contribution is 2.37. The van der Waals surface area contributed by atoms with Crippen LogP contribution in [0.1, 0.15) is 5.56 Å². The van der Waals surface area contributed by atoms with Gasteiger partial charge in [0.15, 0.2) is 0 Å². The predicted octanol–water partition coefficient (Wildman–Crippen LogP) is 1.87. The highest BCUT2D eigenvalue weighted by molar-refractivity contribution is 5.56. The summed E-state index contributed by atoms with van der Waals surface area (Å²) in [6.07, 6.45) is -4.35. The van der Waals surface area contributed by atoms with Crippen molar-refractivity contribution in [1.29, 1.82) is 0 Å². The topological polar surface area (TPSA) is 38.5 Å². The molecule has 0 aliphatic carbocycles. The molecule has 0 aromatic heterocycles. The van der Waals surface area contributed by atoms with E-state index in [1.54, 1.807) is 11.0 Å². The number of para-hydroxylation sites is 1. The monoisotopic (exact) mass is 260 g/mol. The molecule has 1 aliphatic heterocycles. The van der Waals surface area contributed by atoms with Crippen molar-refractivity contribution in [3.8, 4) is 0 Å². The second-order valence-electron chi connectivity index (χ2n) is 4.17. The van der Waals surface area contributed by atoms with Gasteiger partial charge in [-0.25, -0.2) is 0 Å². The van der Waals surface area contributed by atoms with Crippen LogP contribution in [-0.2, 0) is 10.9 Å². The predicted molar refractivity (Wildman–Crippen MR) is 62.5 cm³/mol. The zero-order valence-corrected chi connectivity index (χ0v) is 9.78. The van der Waals surface area contributed by atoms with Crippen LogP contribution in [0.3, 0.4) is 0 Å². The van der Waals surface area contributed by atoms with E-state index < -0.39 is 11.7 Å². The van der Waals surface area contributed by atoms with Gasteiger partial charge in [-0.15, -0.1) is 0 Å². The fourth-order valence-corrected chi connectivity index (χ4v) is 2.13. The maximum atomic E-state index is 12.9. The lowest BCUT2D eigenvalue weighted by Crippen LogP contribution is -2.50. The van der Waals surface area contributed by atoms with Gasteiger partial charge >= 0.3 is 6.18 Å². The standard InChI is InChI=1S/C12H15F3N2O/c13-12(14,15)10-3-1-2-4-11(10)17-5-6-18-8-9(17)7-16/h1-4,9H,5-8,16H2. The number of alkyl halides is 3. The van der Waals surface area contributed by atoms with Gasteiger partial charge in [-0.3, -0.25) is 0 Å². The number of benzene rings is 1. The molecule has 1 saturated heterocycles. The molecule has 1 fully saturated rings. The van der Waals surface area contributed by atoms with Crippen LogP contribution in [0.5, 0.6) is 0 Å². The summed E-state index contributed by atoms with van der Waals surface area (Å²) in [5, 5.41) is 0. The first-order valence-corrected chi connectivity index (χ1v) is 5.74. The average Bonchev–Trinajstić information content (AvgIpc) is 2.37. The molecule has 0 amide bonds. The molecule has 0 radical (unpaired) electrons. The number of nitrogens with zero attached hydrogens (tertiary/aromatic N) is 1. The Morgan fingerprint density at radius 2 is 2.06 bits per heavy atom. The lowest BCUT2D eigenvalue weighted by Gasteiger charge is -2.38. The van der Waals surface area contributed by atoms with Crippen LogP contribution in [0.25, 0.3) is 0 Å². The normalized spacial score (nSPS) is 21.1. The van der Waals surface area contributed by atoms with E-state index >= 15 is 0 Å². The molecular formula is C12H15F3N2O. The summed E-state index contributed by atoms with van der Waals surface area (Å²) in [5.74, 6) is 0. The molecule has 0 spiro atoms. The van der Waals surface area contributed by atoms with E-state index in [1.807, 2.05) is 0 Å². The lowest BCUT2D eigenvalue weighted by molar-refractivity contribution is -0.137. The molecule has 0 bridgehead atoms. The van der Waals surface area contributed by atoms with Gasteiger partial charge in [-0.1, -0.05) is 12.1 Å². The molecular weight excluding hydrogens is 245 g/mol. The molecule has 1 atom stereocenters. The Balaban J connectivity index is 2.37. The van der Waals surface area contributed by atoms with Crippen molar-refractivity contribution in [2.24, 2.45) is 5.73 Å². The van der Waals surface area contributed by atoms with Gasteiger partial charge in [0.1, 0.15) is 0 Å². The van der Waals surface area contributed by atoms with Gasteiger partial charge in [0.05, 0.1) is 24.8 Å². The fourth-order valence-electron chi connectivity index (χ4n) is 2.13. The molecule has 3 nitrogen and oxygen atoms in total. The molecule has 2 N–H and O–H groups in total. The third kappa shape index (κ3) is 2.59. The molecule has 0 saturated carbocycles. The van der Waals surface area contributed by atoms with Crippen molar-refractivity contribution in [3.63, 3.8) is 0 Å². The minimum Gasteiger partial charge on any atom is -0.377 e. The van der Waals surface area contributed by atoms with Gasteiger partial charge in [0.25, 0.3) is 0 Å². The van der Waals surface area contributed by atoms with Gasteiger partial charge in [-0.05, 0) is 12.1 Å². The summed E-state index contributed by atoms with van der Waals surface area (Å²) < 4.78 is 44.1. The fraction of sp³-hybridized carbons (Fsp3) is 0.500. The van der Waals surface area contributed by atoms with Gasteiger partial charge in [0.2, 0.25) is 0 Å². The first-order chi connectivity index (χ1) is 8.54. The third-order valence-corrected chi connectivity index (χ3v) is 3.02. The molecule has 1 heterocycles. The van der Waals surface area contributed by atoms with E-state index in [9.17, 15) is 13.2 Å². The Bertz CT molecular complexity index is 409. The van der Waals surface area contributed by atoms with Crippen LogP contribution in [0.4, 0.5) is 18.9 Å². The number of hydrogen-bond acceptors (Lipinski definition) is 3. The SMILES string of the molecule is NCC1COCCN1c1ccccc1C(F)(F)F. The molecule has 100 valence electrons. The first kappa shape index (κ1) is 13.2. The Morgan fingerprint density at radius 3 is 2.72 bits per heavy atom. The summed E-state index contributed by atoms with van der Waals surface area (Å²) in [6.45, 7) is 1.48. The molecule has 1 aromatic rings. The molecule has 1 unspecified atom stereocenters. The summed E-state index contributed by atoms with van der Waals surface area (Å²) in [7, 11) is 0. The van der Waals surface area contributed by atoms with Crippen LogP contribution in [0.15, 0.2) is 24.3 Å². The zero-order valence-electron chi connectivity index (χ0n) is 9.78. The molecule has 6 heteroatoms. The number of rotatable bonds is 2. The van der Waals surface area contributed by atoms with E-state index in [4.69, 9.17) is 10.5 Å². The van der Waals surface area contributed by atoms with Crippen LogP contribution in [0, 0.1) is 0 Å². The lowest BCUT2D eigenvalue weighted by atomic mass is 10.1. The number of halogens is 3. The molecule has 1 aliphatic rings. The number of anilines is 1. The van der Waals surface area contributed by atoms with E-state index in [2.05, 4.69) is 0 Å². The smallest absolute Gasteiger partial charge is 0.377 e. The van der Waals surface area contributed by atoms with Crippen molar-refractivity contribution in [2.75, 3.05) is 31.2 Å². The van der Waals surface area contributed by atoms with Crippen LogP contribution in [-0.4, -0.2) is 32.3 Å². The van der Waals surface area contributed by atoms with Crippen LogP contribution < -0.4 is 10.6 Å². The second-order valence-corrected chi connectivity index (χ2v) is 4.17. The molecule has 2 rings (SSSR count). The summed E-state index contributed by atoms with van der Waals surface area (Å²) >= 11 is 0. The highest BCUT2D eigenvalue weighted by Gasteiger charge is 2.36. The number of ether oxygens (including phenoxy) is 1. The zero-order chi connectivity index (χ0) is 13.2. The van der Waals surface area contributed by atoms with Crippen molar-refractivity contribution in [3.05, 3.63) is 29.8 Å². The Labute approximate surface area is 103 Å². The number of hydrogen-bond donors (Lipinski definition) is 1. The van der Waals surface area contributed by atoms with Gasteiger partial charge < -0.3 is 15.4 Å². The average molecular weight is 260 g/mol. The highest BCUT2D eigenvalue weighted by atomic mass is 19.4. The van der Waals surface area contributed by atoms with Crippen molar-refractivity contribution < 1.29 is 17.9 Å². The summed E-state index contributed by atoms with van der Waals surface area (Å²) in [5.41, 5.74) is 5.15. The van der Waals surface area contributed by atoms with Gasteiger partial charge in [-0.2, -0.15) is 13.2 Å². The Hall–Kier alpha value is -1.27. The summed E-state index contributed by atoms with van der Waals surface area (Å²) in [4.78, 5) is 1.69. The third-order valence-electron chi connectivity index (χ3n) is 3.02. The first-order valence-electron chi connectivity index (χ1n) is 5.74. The van der Waals surface area contributed by atoms with Crippen molar-refractivity contribution >= 4 is 5.69 Å². The maximum absolute atomic E-state index is 12.9. The minimum atomic E-state index is -4.35. The quantitative estimate of drug-likeness (QED) is 0.882. The number of morpholine rings is 1. The van der Waals surface area contributed by atoms with Crippen molar-refractivity contribution in [1.82, 2.24) is 0 Å². The minimum absolute atomic E-state index is 0.184. The Kier molecular flexibility index (Phi) is 3.77. The molecule has 18 heavy (non-hydrogen) atoms. The Morgan fingerprint density at radius 1 is 1.33 bits per heavy atom. The number of nitrogens with two attached hydrogens (primary N) is 1. The van der Waals surface area contributed by atoms with E-state index in [0.29, 0.717) is 19.8 Å². The van der Waals surface area contributed by atoms with E-state index in [-0.39, 0.29) is 18.3 Å². The van der Waals surface area contributed by atoms with Crippen molar-refractivity contribution in [2.45, 2.75) is 12.2 Å². The van der Waals surface area contributed by atoms with E-state index in [1.165, 1.54) is 12.1 Å². The maximum Gasteiger partial charge on any atom is 0.418 e. The summed E-state index contributed by atoms with van der Waals surface area (Å²) in [6, 6.07) is 5.37. The van der Waals surface area contributed by atoms with E-state index in [0.717, 1.165) is 6.07 Å². The van der Waals surface area contributed by atoms with Gasteiger partial charge in [0, 0.05) is 18.8 Å². The van der Waals surface area contributed by atoms with Crippen LogP contribution in [0.2, 0.25) is 0 Å². The molecule has 1 aromatic carbocycles. The largest absolute Gasteiger partial charge is 0.418 e. The second kappa shape index (κ2) is 5.16. The van der Waals surface area contributed by atoms with Crippen LogP contribution >= 0.6 is 0 Å².